The van der Waals surface area contributed by atoms with Crippen LogP contribution in [0.2, 0.25) is 0 Å². The van der Waals surface area contributed by atoms with E-state index >= 15 is 0 Å². The molecule has 12 aromatic rings. The first kappa shape index (κ1) is 37.3. The molecule has 0 saturated carbocycles. The van der Waals surface area contributed by atoms with Crippen molar-refractivity contribution in [3.63, 3.8) is 0 Å². The van der Waals surface area contributed by atoms with Crippen LogP contribution in [0.1, 0.15) is 0 Å². The lowest BCUT2D eigenvalue weighted by Gasteiger charge is -2.29. The number of fused-ring (bicyclic) bond motifs is 6. The van der Waals surface area contributed by atoms with Crippen LogP contribution in [0.15, 0.2) is 255 Å². The van der Waals surface area contributed by atoms with Crippen molar-refractivity contribution in [2.24, 2.45) is 0 Å². The second kappa shape index (κ2) is 15.8. The van der Waals surface area contributed by atoms with Crippen molar-refractivity contribution >= 4 is 60.4 Å². The van der Waals surface area contributed by atoms with Gasteiger partial charge >= 0.3 is 0 Å². The van der Waals surface area contributed by atoms with Crippen LogP contribution in [0.25, 0.3) is 93.5 Å². The Morgan fingerprint density at radius 3 is 1.44 bits per heavy atom. The van der Waals surface area contributed by atoms with E-state index in [1.165, 1.54) is 82.3 Å². The molecule has 1 heterocycles. The summed E-state index contributed by atoms with van der Waals surface area (Å²) in [4.78, 5) is 2.42. The van der Waals surface area contributed by atoms with Crippen molar-refractivity contribution in [2.45, 2.75) is 0 Å². The Kier molecular flexibility index (Phi) is 9.20. The summed E-state index contributed by atoms with van der Waals surface area (Å²) in [5.41, 5.74) is 16.3. The molecule has 12 rings (SSSR count). The van der Waals surface area contributed by atoms with Crippen LogP contribution in [-0.2, 0) is 0 Å². The van der Waals surface area contributed by atoms with Crippen molar-refractivity contribution in [1.82, 2.24) is 4.57 Å². The molecule has 0 radical (unpaired) electrons. The minimum absolute atomic E-state index is 1.08. The van der Waals surface area contributed by atoms with Gasteiger partial charge < -0.3 is 9.47 Å². The molecule has 0 saturated heterocycles. The van der Waals surface area contributed by atoms with Gasteiger partial charge in [0.15, 0.2) is 0 Å². The first-order valence-corrected chi connectivity index (χ1v) is 22.0. The number of anilines is 3. The molecule has 0 amide bonds. The third kappa shape index (κ3) is 6.44. The van der Waals surface area contributed by atoms with E-state index in [0.717, 1.165) is 28.3 Å². The maximum absolute atomic E-state index is 2.42. The molecule has 0 N–H and O–H groups in total. The van der Waals surface area contributed by atoms with Gasteiger partial charge in [0.05, 0.1) is 16.7 Å². The molecule has 0 aliphatic rings. The number of nitrogens with zero attached hydrogens (tertiary/aromatic N) is 2. The lowest BCUT2D eigenvalue weighted by molar-refractivity contribution is 1.18. The van der Waals surface area contributed by atoms with Crippen molar-refractivity contribution in [1.29, 1.82) is 0 Å². The fraction of sp³-hybridized carbons (Fsp3) is 0. The van der Waals surface area contributed by atoms with Crippen LogP contribution in [0.5, 0.6) is 0 Å². The highest BCUT2D eigenvalue weighted by Gasteiger charge is 2.21. The Morgan fingerprint density at radius 1 is 0.266 bits per heavy atom. The summed E-state index contributed by atoms with van der Waals surface area (Å²) in [6.07, 6.45) is 0. The van der Waals surface area contributed by atoms with Gasteiger partial charge in [-0.25, -0.2) is 0 Å². The number of hydrogen-bond donors (Lipinski definition) is 0. The number of para-hydroxylation sites is 3. The van der Waals surface area contributed by atoms with E-state index < -0.39 is 0 Å². The van der Waals surface area contributed by atoms with Gasteiger partial charge in [0.1, 0.15) is 0 Å². The highest BCUT2D eigenvalue weighted by molar-refractivity contribution is 6.14. The summed E-state index contributed by atoms with van der Waals surface area (Å²) < 4.78 is 2.38. The Balaban J connectivity index is 1.01. The topological polar surface area (TPSA) is 8.17 Å². The number of aromatic nitrogens is 1. The van der Waals surface area contributed by atoms with E-state index in [0.29, 0.717) is 0 Å². The van der Waals surface area contributed by atoms with Crippen LogP contribution in [0.3, 0.4) is 0 Å². The first-order valence-electron chi connectivity index (χ1n) is 22.0. The van der Waals surface area contributed by atoms with Crippen molar-refractivity contribution < 1.29 is 0 Å². The molecule has 2 heteroatoms. The van der Waals surface area contributed by atoms with E-state index in [1.807, 2.05) is 0 Å². The maximum Gasteiger partial charge on any atom is 0.0541 e. The molecule has 0 aliphatic carbocycles. The second-order valence-electron chi connectivity index (χ2n) is 16.5. The van der Waals surface area contributed by atoms with Crippen LogP contribution >= 0.6 is 0 Å². The molecule has 0 unspecified atom stereocenters. The quantitative estimate of drug-likeness (QED) is 0.139. The fourth-order valence-corrected chi connectivity index (χ4v) is 9.81. The lowest BCUT2D eigenvalue weighted by Crippen LogP contribution is -2.11. The van der Waals surface area contributed by atoms with Gasteiger partial charge in [-0.3, -0.25) is 0 Å². The SMILES string of the molecule is c1ccc(-c2cc(N(c3ccc(-c4cc5ccccc5c5ccccc45)cc3)c3ccccc3-c3ccccc3)ccc2-c2ccc(-n3c4ccccc4c4ccccc43)cc2)cc1. The normalized spacial score (nSPS) is 11.4. The summed E-state index contributed by atoms with van der Waals surface area (Å²) in [6, 6.07) is 92.7. The van der Waals surface area contributed by atoms with Crippen LogP contribution in [0, 0.1) is 0 Å². The van der Waals surface area contributed by atoms with Gasteiger partial charge in [0, 0.05) is 33.4 Å². The third-order valence-electron chi connectivity index (χ3n) is 12.8. The molecular formula is C62H42N2. The zero-order valence-corrected chi connectivity index (χ0v) is 35.1. The molecule has 64 heavy (non-hydrogen) atoms. The van der Waals surface area contributed by atoms with Crippen molar-refractivity contribution in [3.8, 4) is 50.2 Å². The first-order chi connectivity index (χ1) is 31.8. The number of hydrogen-bond acceptors (Lipinski definition) is 1. The van der Waals surface area contributed by atoms with E-state index in [9.17, 15) is 0 Å². The molecule has 300 valence electrons. The minimum atomic E-state index is 1.08. The minimum Gasteiger partial charge on any atom is -0.310 e. The van der Waals surface area contributed by atoms with Gasteiger partial charge in [0.2, 0.25) is 0 Å². The highest BCUT2D eigenvalue weighted by Crippen LogP contribution is 2.45. The predicted molar refractivity (Wildman–Crippen MR) is 272 cm³/mol. The Morgan fingerprint density at radius 2 is 0.750 bits per heavy atom. The Bertz CT molecular complexity index is 3590. The fourth-order valence-electron chi connectivity index (χ4n) is 9.81. The lowest BCUT2D eigenvalue weighted by atomic mass is 9.92. The predicted octanol–water partition coefficient (Wildman–Crippen LogP) is 17.2. The van der Waals surface area contributed by atoms with Crippen LogP contribution < -0.4 is 4.90 Å². The van der Waals surface area contributed by atoms with Crippen LogP contribution in [0.4, 0.5) is 17.1 Å². The second-order valence-corrected chi connectivity index (χ2v) is 16.5. The Hall–Kier alpha value is -8.46. The average molecular weight is 815 g/mol. The van der Waals surface area contributed by atoms with Gasteiger partial charge in [0.25, 0.3) is 0 Å². The molecule has 0 bridgehead atoms. The molecule has 2 nitrogen and oxygen atoms in total. The van der Waals surface area contributed by atoms with Gasteiger partial charge in [-0.1, -0.05) is 194 Å². The Labute approximate surface area is 373 Å². The van der Waals surface area contributed by atoms with Crippen molar-refractivity contribution in [3.05, 3.63) is 255 Å². The van der Waals surface area contributed by atoms with Crippen LogP contribution in [-0.4, -0.2) is 4.57 Å². The summed E-state index contributed by atoms with van der Waals surface area (Å²) in [6.45, 7) is 0. The standard InChI is InChI=1S/C62H42N2/c1-3-17-43(18-4-1)53-23-11-14-28-60(53)63(48-35-33-46(34-36-48)58-41-47-21-7-8-22-51(47)54-24-9-10-25-55(54)58)50-39-40-52(59(42-50)44-19-5-2-6-20-44)45-31-37-49(38-32-45)64-61-29-15-12-26-56(61)57-27-13-16-30-62(57)64/h1-42H. The molecule has 1 aromatic heterocycles. The van der Waals surface area contributed by atoms with Crippen molar-refractivity contribution in [2.75, 3.05) is 4.90 Å². The molecule has 0 fully saturated rings. The monoisotopic (exact) mass is 814 g/mol. The zero-order valence-electron chi connectivity index (χ0n) is 35.1. The molecular weight excluding hydrogens is 773 g/mol. The summed E-state index contributed by atoms with van der Waals surface area (Å²) in [5, 5.41) is 7.57. The molecule has 0 spiro atoms. The summed E-state index contributed by atoms with van der Waals surface area (Å²) in [5.74, 6) is 0. The summed E-state index contributed by atoms with van der Waals surface area (Å²) >= 11 is 0. The molecule has 0 atom stereocenters. The number of rotatable bonds is 8. The smallest absolute Gasteiger partial charge is 0.0541 e. The van der Waals surface area contributed by atoms with E-state index in [2.05, 4.69) is 264 Å². The van der Waals surface area contributed by atoms with Gasteiger partial charge in [-0.05, 0) is 121 Å². The average Bonchev–Trinajstić information content (AvgIpc) is 3.71. The molecule has 0 aliphatic heterocycles. The summed E-state index contributed by atoms with van der Waals surface area (Å²) in [7, 11) is 0. The van der Waals surface area contributed by atoms with Gasteiger partial charge in [-0.15, -0.1) is 0 Å². The maximum atomic E-state index is 2.42. The largest absolute Gasteiger partial charge is 0.310 e. The van der Waals surface area contributed by atoms with E-state index in [1.54, 1.807) is 0 Å². The molecule has 11 aromatic carbocycles. The van der Waals surface area contributed by atoms with E-state index in [4.69, 9.17) is 0 Å². The third-order valence-corrected chi connectivity index (χ3v) is 12.8. The highest BCUT2D eigenvalue weighted by atomic mass is 15.1. The zero-order chi connectivity index (χ0) is 42.4. The number of benzene rings is 11. The van der Waals surface area contributed by atoms with E-state index in [-0.39, 0.29) is 0 Å². The van der Waals surface area contributed by atoms with Gasteiger partial charge in [-0.2, -0.15) is 0 Å².